The number of phenols is 1. The number of phenolic OH excluding ortho intramolecular Hbond substituents is 1. The van der Waals surface area contributed by atoms with Crippen LogP contribution < -0.4 is 4.74 Å². The van der Waals surface area contributed by atoms with Gasteiger partial charge in [0, 0.05) is 16.7 Å². The van der Waals surface area contributed by atoms with Gasteiger partial charge in [0.1, 0.15) is 34.8 Å². The van der Waals surface area contributed by atoms with Crippen molar-refractivity contribution < 1.29 is 19.4 Å². The van der Waals surface area contributed by atoms with Gasteiger partial charge in [-0.05, 0) is 55.0 Å². The number of ether oxygens (including phenoxy) is 1. The third-order valence-corrected chi connectivity index (χ3v) is 4.52. The summed E-state index contributed by atoms with van der Waals surface area (Å²) in [4.78, 5) is 23.5. The fraction of sp³-hybridized carbons (Fsp3) is 0.0909. The van der Waals surface area contributed by atoms with Crippen LogP contribution in [-0.4, -0.2) is 32.7 Å². The predicted molar refractivity (Wildman–Crippen MR) is 107 cm³/mol. The Morgan fingerprint density at radius 3 is 2.31 bits per heavy atom. The number of carbonyl (C=O) groups is 2. The van der Waals surface area contributed by atoms with Gasteiger partial charge in [-0.1, -0.05) is 12.1 Å². The average Bonchev–Trinajstić information content (AvgIpc) is 3.17. The summed E-state index contributed by atoms with van der Waals surface area (Å²) in [6.45, 7) is 1.97. The number of aromatic nitrogens is 3. The molecule has 4 aromatic rings. The number of aryl methyl sites for hydroxylation is 1. The number of aromatic hydroxyl groups is 1. The van der Waals surface area contributed by atoms with E-state index in [-0.39, 0.29) is 17.9 Å². The van der Waals surface area contributed by atoms with E-state index in [1.807, 2.05) is 37.3 Å². The molecule has 1 N–H and O–H groups in total. The lowest BCUT2D eigenvalue weighted by Crippen LogP contribution is -2.04. The van der Waals surface area contributed by atoms with Crippen molar-refractivity contribution in [2.45, 2.75) is 13.5 Å². The van der Waals surface area contributed by atoms with E-state index in [9.17, 15) is 14.7 Å². The number of carbonyl (C=O) groups excluding carboxylic acids is 2. The summed E-state index contributed by atoms with van der Waals surface area (Å²) in [7, 11) is 0. The van der Waals surface area contributed by atoms with E-state index in [0.717, 1.165) is 16.6 Å². The molecule has 0 amide bonds. The lowest BCUT2D eigenvalue weighted by Gasteiger charge is -2.12. The monoisotopic (exact) mass is 387 g/mol. The maximum Gasteiger partial charge on any atom is 0.150 e. The minimum atomic E-state index is 0.0102. The van der Waals surface area contributed by atoms with Gasteiger partial charge in [-0.15, -0.1) is 15.0 Å². The van der Waals surface area contributed by atoms with Crippen molar-refractivity contribution in [1.29, 1.82) is 0 Å². The highest BCUT2D eigenvalue weighted by molar-refractivity contribution is 5.90. The SMILES string of the molecule is Cc1cc(COc2ccc(C=O)c(C=O)c2)c(O)c(-n2nc3ccccc3n2)c1. The van der Waals surface area contributed by atoms with Crippen LogP contribution in [0.15, 0.2) is 54.6 Å². The third-order valence-electron chi connectivity index (χ3n) is 4.52. The second-order valence-electron chi connectivity index (χ2n) is 6.59. The molecule has 3 aromatic carbocycles. The largest absolute Gasteiger partial charge is 0.505 e. The minimum Gasteiger partial charge on any atom is -0.505 e. The summed E-state index contributed by atoms with van der Waals surface area (Å²) in [5.41, 5.74) is 3.90. The minimum absolute atomic E-state index is 0.0102. The van der Waals surface area contributed by atoms with Crippen LogP contribution in [0.4, 0.5) is 0 Å². The van der Waals surface area contributed by atoms with Gasteiger partial charge in [-0.25, -0.2) is 0 Å². The van der Waals surface area contributed by atoms with E-state index in [0.29, 0.717) is 35.1 Å². The van der Waals surface area contributed by atoms with Gasteiger partial charge in [0.15, 0.2) is 12.6 Å². The van der Waals surface area contributed by atoms with Crippen LogP contribution in [0, 0.1) is 6.92 Å². The second kappa shape index (κ2) is 7.55. The smallest absolute Gasteiger partial charge is 0.150 e. The molecular weight excluding hydrogens is 370 g/mol. The number of nitrogens with zero attached hydrogens (tertiary/aromatic N) is 3. The molecule has 0 spiro atoms. The molecular formula is C22H17N3O4. The number of hydrogen-bond donors (Lipinski definition) is 1. The summed E-state index contributed by atoms with van der Waals surface area (Å²) in [6.07, 6.45) is 1.22. The van der Waals surface area contributed by atoms with E-state index in [1.165, 1.54) is 16.9 Å². The number of benzene rings is 3. The zero-order chi connectivity index (χ0) is 20.4. The second-order valence-corrected chi connectivity index (χ2v) is 6.59. The molecule has 29 heavy (non-hydrogen) atoms. The Morgan fingerprint density at radius 2 is 1.66 bits per heavy atom. The van der Waals surface area contributed by atoms with E-state index >= 15 is 0 Å². The molecule has 0 saturated carbocycles. The summed E-state index contributed by atoms with van der Waals surface area (Å²) >= 11 is 0. The van der Waals surface area contributed by atoms with Crippen LogP contribution in [0.2, 0.25) is 0 Å². The van der Waals surface area contributed by atoms with E-state index in [2.05, 4.69) is 10.2 Å². The summed E-state index contributed by atoms with van der Waals surface area (Å²) < 4.78 is 5.73. The van der Waals surface area contributed by atoms with Crippen LogP contribution in [0.1, 0.15) is 31.8 Å². The van der Waals surface area contributed by atoms with E-state index in [4.69, 9.17) is 4.74 Å². The van der Waals surface area contributed by atoms with Crippen molar-refractivity contribution in [3.63, 3.8) is 0 Å². The lowest BCUT2D eigenvalue weighted by atomic mass is 10.1. The van der Waals surface area contributed by atoms with E-state index < -0.39 is 0 Å². The fourth-order valence-electron chi connectivity index (χ4n) is 3.08. The molecule has 0 saturated heterocycles. The van der Waals surface area contributed by atoms with Gasteiger partial charge in [0.2, 0.25) is 0 Å². The zero-order valence-electron chi connectivity index (χ0n) is 15.6. The Hall–Kier alpha value is -4.00. The molecule has 0 aliphatic rings. The number of fused-ring (bicyclic) bond motifs is 1. The standard InChI is InChI=1S/C22H17N3O4/c1-14-8-17(13-29-18-7-6-15(11-26)16(10-18)12-27)22(28)21(9-14)25-23-19-4-2-3-5-20(19)24-25/h2-12,28H,13H2,1H3. The molecule has 144 valence electrons. The van der Waals surface area contributed by atoms with E-state index in [1.54, 1.807) is 12.1 Å². The molecule has 0 aliphatic carbocycles. The number of hydrogen-bond acceptors (Lipinski definition) is 6. The molecule has 1 aromatic heterocycles. The molecule has 0 radical (unpaired) electrons. The molecule has 7 nitrogen and oxygen atoms in total. The predicted octanol–water partition coefficient (Wildman–Crippen LogP) is 3.64. The maximum absolute atomic E-state index is 11.1. The van der Waals surface area contributed by atoms with Crippen molar-refractivity contribution in [2.75, 3.05) is 0 Å². The molecule has 0 bridgehead atoms. The van der Waals surface area contributed by atoms with Crippen molar-refractivity contribution in [3.05, 3.63) is 76.9 Å². The average molecular weight is 387 g/mol. The Labute approximate surface area is 166 Å². The van der Waals surface area contributed by atoms with Crippen molar-refractivity contribution in [1.82, 2.24) is 15.0 Å². The quantitative estimate of drug-likeness (QED) is 0.508. The molecule has 0 atom stereocenters. The Morgan fingerprint density at radius 1 is 0.966 bits per heavy atom. The van der Waals surface area contributed by atoms with Gasteiger partial charge < -0.3 is 9.84 Å². The first-order valence-corrected chi connectivity index (χ1v) is 8.91. The van der Waals surface area contributed by atoms with Crippen molar-refractivity contribution >= 4 is 23.6 Å². The maximum atomic E-state index is 11.1. The highest BCUT2D eigenvalue weighted by Gasteiger charge is 2.14. The molecule has 4 rings (SSSR count). The molecule has 0 fully saturated rings. The summed E-state index contributed by atoms with van der Waals surface area (Å²) in [6, 6.07) is 15.7. The molecule has 0 unspecified atom stereocenters. The van der Waals surface area contributed by atoms with Crippen molar-refractivity contribution in [2.24, 2.45) is 0 Å². The molecule has 0 aliphatic heterocycles. The Balaban J connectivity index is 1.65. The van der Waals surface area contributed by atoms with Gasteiger partial charge >= 0.3 is 0 Å². The summed E-state index contributed by atoms with van der Waals surface area (Å²) in [5, 5.41) is 19.6. The van der Waals surface area contributed by atoms with Gasteiger partial charge in [-0.2, -0.15) is 0 Å². The van der Waals surface area contributed by atoms with Gasteiger partial charge in [0.05, 0.1) is 0 Å². The first-order chi connectivity index (χ1) is 14.1. The zero-order valence-corrected chi connectivity index (χ0v) is 15.6. The summed E-state index contributed by atoms with van der Waals surface area (Å²) in [5.74, 6) is 0.430. The molecule has 1 heterocycles. The first-order valence-electron chi connectivity index (χ1n) is 8.91. The molecule has 7 heteroatoms. The normalized spacial score (nSPS) is 10.8. The Bertz CT molecular complexity index is 1200. The van der Waals surface area contributed by atoms with Crippen LogP contribution in [0.5, 0.6) is 11.5 Å². The van der Waals surface area contributed by atoms with Crippen LogP contribution in [-0.2, 0) is 6.61 Å². The highest BCUT2D eigenvalue weighted by atomic mass is 16.5. The number of aldehydes is 2. The fourth-order valence-corrected chi connectivity index (χ4v) is 3.08. The van der Waals surface area contributed by atoms with Crippen molar-refractivity contribution in [3.8, 4) is 17.2 Å². The first kappa shape index (κ1) is 18.4. The lowest BCUT2D eigenvalue weighted by molar-refractivity contribution is 0.109. The third kappa shape index (κ3) is 3.58. The topological polar surface area (TPSA) is 94.3 Å². The van der Waals surface area contributed by atoms with Crippen LogP contribution in [0.3, 0.4) is 0 Å². The van der Waals surface area contributed by atoms with Gasteiger partial charge in [-0.3, -0.25) is 9.59 Å². The van der Waals surface area contributed by atoms with Crippen LogP contribution >= 0.6 is 0 Å². The van der Waals surface area contributed by atoms with Gasteiger partial charge in [0.25, 0.3) is 0 Å². The van der Waals surface area contributed by atoms with Crippen LogP contribution in [0.25, 0.3) is 16.7 Å². The Kier molecular flexibility index (Phi) is 4.78. The highest BCUT2D eigenvalue weighted by Crippen LogP contribution is 2.29. The number of rotatable bonds is 6.